The number of anilines is 1. The fraction of sp³-hybridized carbons (Fsp3) is 0.190. The summed E-state index contributed by atoms with van der Waals surface area (Å²) in [6.07, 6.45) is -10.5. The van der Waals surface area contributed by atoms with Crippen LogP contribution in [0.5, 0.6) is 0 Å². The molecule has 14 heteroatoms. The molecule has 2 aromatic heterocycles. The summed E-state index contributed by atoms with van der Waals surface area (Å²) >= 11 is 14.1. The predicted molar refractivity (Wildman–Crippen MR) is 121 cm³/mol. The topological polar surface area (TPSA) is 69.6 Å². The second kappa shape index (κ2) is 8.75. The molecular weight excluding hydrogens is 539 g/mol. The van der Waals surface area contributed by atoms with Crippen molar-refractivity contribution in [1.82, 2.24) is 19.7 Å². The first-order valence-corrected chi connectivity index (χ1v) is 11.2. The van der Waals surface area contributed by atoms with Crippen molar-refractivity contribution in [2.45, 2.75) is 36.0 Å². The molecule has 0 aliphatic rings. The SMILES string of the molecule is Cc1ccc(Sc2cc(Cl)c(-n3nc4nc(C(F)(F)F)nc(C(F)(F)F)c4c3N)c(Cl)c2)c(C)c1. The van der Waals surface area contributed by atoms with Gasteiger partial charge < -0.3 is 5.73 Å². The van der Waals surface area contributed by atoms with E-state index >= 15 is 0 Å². The largest absolute Gasteiger partial charge is 0.451 e. The van der Waals surface area contributed by atoms with Gasteiger partial charge in [0.15, 0.2) is 11.3 Å². The van der Waals surface area contributed by atoms with E-state index in [1.165, 1.54) is 23.9 Å². The van der Waals surface area contributed by atoms with Gasteiger partial charge in [0.05, 0.1) is 15.4 Å². The Labute approximate surface area is 208 Å². The maximum atomic E-state index is 13.5. The Balaban J connectivity index is 1.87. The lowest BCUT2D eigenvalue weighted by molar-refractivity contribution is -0.151. The molecule has 0 radical (unpaired) electrons. The van der Waals surface area contributed by atoms with Crippen molar-refractivity contribution in [1.29, 1.82) is 0 Å². The molecule has 0 unspecified atom stereocenters. The first-order valence-electron chi connectivity index (χ1n) is 9.62. The van der Waals surface area contributed by atoms with Crippen LogP contribution < -0.4 is 5.73 Å². The second-order valence-electron chi connectivity index (χ2n) is 7.49. The van der Waals surface area contributed by atoms with Gasteiger partial charge in [0.1, 0.15) is 11.5 Å². The molecular formula is C21H13Cl2F6N5S. The molecule has 0 aliphatic carbocycles. The fourth-order valence-corrected chi connectivity index (χ4v) is 5.10. The Hall–Kier alpha value is -2.70. The first-order chi connectivity index (χ1) is 16.2. The van der Waals surface area contributed by atoms with Gasteiger partial charge in [-0.2, -0.15) is 26.3 Å². The van der Waals surface area contributed by atoms with E-state index in [0.29, 0.717) is 4.90 Å². The standard InChI is InChI=1S/C21H13Cl2F6N5S/c1-8-3-4-13(9(2)5-8)35-10-6-11(22)15(12(23)7-10)34-17(30)14-16(20(24,25)26)31-19(21(27,28)29)32-18(14)33-34/h3-7H,30H2,1-2H3. The number of nitrogens with zero attached hydrogens (tertiary/aromatic N) is 4. The zero-order valence-corrected chi connectivity index (χ0v) is 20.0. The van der Waals surface area contributed by atoms with Crippen molar-refractivity contribution in [3.05, 3.63) is 63.0 Å². The number of benzene rings is 2. The number of rotatable bonds is 3. The van der Waals surface area contributed by atoms with Gasteiger partial charge >= 0.3 is 12.4 Å². The summed E-state index contributed by atoms with van der Waals surface area (Å²) in [7, 11) is 0. The van der Waals surface area contributed by atoms with Crippen LogP contribution in [0.4, 0.5) is 32.2 Å². The highest BCUT2D eigenvalue weighted by Crippen LogP contribution is 2.42. The normalized spacial score (nSPS) is 12.5. The smallest absolute Gasteiger partial charge is 0.383 e. The summed E-state index contributed by atoms with van der Waals surface area (Å²) in [5, 5.41) is 2.78. The van der Waals surface area contributed by atoms with Crippen molar-refractivity contribution in [2.24, 2.45) is 0 Å². The van der Waals surface area contributed by atoms with Gasteiger partial charge in [-0.25, -0.2) is 14.6 Å². The van der Waals surface area contributed by atoms with E-state index in [4.69, 9.17) is 28.9 Å². The molecule has 0 saturated carbocycles. The summed E-state index contributed by atoms with van der Waals surface area (Å²) in [5.74, 6) is -2.67. The van der Waals surface area contributed by atoms with Gasteiger partial charge in [0.25, 0.3) is 0 Å². The molecule has 0 spiro atoms. The third kappa shape index (κ3) is 4.87. The van der Waals surface area contributed by atoms with Gasteiger partial charge in [-0.1, -0.05) is 52.7 Å². The van der Waals surface area contributed by atoms with Crippen molar-refractivity contribution < 1.29 is 26.3 Å². The van der Waals surface area contributed by atoms with E-state index in [1.807, 2.05) is 32.0 Å². The third-order valence-corrected chi connectivity index (χ3v) is 6.58. The highest BCUT2D eigenvalue weighted by atomic mass is 35.5. The van der Waals surface area contributed by atoms with E-state index in [9.17, 15) is 26.3 Å². The number of nitrogen functional groups attached to an aromatic ring is 1. The molecule has 0 amide bonds. The van der Waals surface area contributed by atoms with E-state index in [1.54, 1.807) is 0 Å². The molecule has 5 nitrogen and oxygen atoms in total. The van der Waals surface area contributed by atoms with Crippen LogP contribution in [0.3, 0.4) is 0 Å². The minimum Gasteiger partial charge on any atom is -0.383 e. The lowest BCUT2D eigenvalue weighted by Gasteiger charge is -2.13. The Kier molecular flexibility index (Phi) is 6.35. The van der Waals surface area contributed by atoms with Crippen LogP contribution in [0.15, 0.2) is 40.1 Å². The second-order valence-corrected chi connectivity index (χ2v) is 9.42. The molecule has 0 saturated heterocycles. The summed E-state index contributed by atoms with van der Waals surface area (Å²) in [4.78, 5) is 7.34. The van der Waals surface area contributed by atoms with E-state index in [2.05, 4.69) is 15.1 Å². The first kappa shape index (κ1) is 25.4. The number of halogens is 8. The van der Waals surface area contributed by atoms with Crippen molar-refractivity contribution in [3.8, 4) is 5.69 Å². The van der Waals surface area contributed by atoms with Gasteiger partial charge in [0.2, 0.25) is 5.82 Å². The molecule has 2 heterocycles. The average molecular weight is 552 g/mol. The lowest BCUT2D eigenvalue weighted by Crippen LogP contribution is -2.17. The monoisotopic (exact) mass is 551 g/mol. The summed E-state index contributed by atoms with van der Waals surface area (Å²) in [6.45, 7) is 3.88. The summed E-state index contributed by atoms with van der Waals surface area (Å²) in [6, 6.07) is 8.83. The van der Waals surface area contributed by atoms with Crippen LogP contribution in [-0.2, 0) is 12.4 Å². The Morgan fingerprint density at radius 2 is 1.54 bits per heavy atom. The molecule has 0 bridgehead atoms. The zero-order valence-electron chi connectivity index (χ0n) is 17.7. The number of nitrogens with two attached hydrogens (primary N) is 1. The molecule has 4 aromatic rings. The van der Waals surface area contributed by atoms with Crippen LogP contribution in [0.2, 0.25) is 10.0 Å². The quantitative estimate of drug-likeness (QED) is 0.267. The van der Waals surface area contributed by atoms with Crippen molar-refractivity contribution in [3.63, 3.8) is 0 Å². The van der Waals surface area contributed by atoms with Crippen LogP contribution in [-0.4, -0.2) is 19.7 Å². The maximum Gasteiger partial charge on any atom is 0.451 e. The molecule has 0 fully saturated rings. The number of fused-ring (bicyclic) bond motifs is 1. The Bertz CT molecular complexity index is 1440. The summed E-state index contributed by atoms with van der Waals surface area (Å²) in [5.41, 5.74) is 5.08. The third-order valence-electron chi connectivity index (χ3n) is 4.85. The van der Waals surface area contributed by atoms with Gasteiger partial charge in [-0.15, -0.1) is 5.10 Å². The number of hydrogen-bond acceptors (Lipinski definition) is 5. The number of aryl methyl sites for hydroxylation is 2. The van der Waals surface area contributed by atoms with Crippen molar-refractivity contribution in [2.75, 3.05) is 5.73 Å². The Morgan fingerprint density at radius 1 is 0.914 bits per heavy atom. The van der Waals surface area contributed by atoms with Crippen LogP contribution >= 0.6 is 35.0 Å². The molecule has 2 aromatic carbocycles. The lowest BCUT2D eigenvalue weighted by atomic mass is 10.2. The minimum atomic E-state index is -5.26. The molecule has 184 valence electrons. The zero-order chi connectivity index (χ0) is 25.9. The summed E-state index contributed by atoms with van der Waals surface area (Å²) < 4.78 is 80.7. The van der Waals surface area contributed by atoms with Crippen LogP contribution in [0.1, 0.15) is 22.6 Å². The highest BCUT2D eigenvalue weighted by molar-refractivity contribution is 7.99. The van der Waals surface area contributed by atoms with Crippen molar-refractivity contribution >= 4 is 51.8 Å². The van der Waals surface area contributed by atoms with Gasteiger partial charge in [-0.05, 0) is 37.6 Å². The van der Waals surface area contributed by atoms with E-state index in [-0.39, 0.29) is 15.7 Å². The number of alkyl halides is 6. The van der Waals surface area contributed by atoms with Gasteiger partial charge in [0, 0.05) is 9.79 Å². The number of hydrogen-bond donors (Lipinski definition) is 1. The van der Waals surface area contributed by atoms with Gasteiger partial charge in [-0.3, -0.25) is 0 Å². The predicted octanol–water partition coefficient (Wildman–Crippen LogP) is 7.51. The Morgan fingerprint density at radius 3 is 2.09 bits per heavy atom. The maximum absolute atomic E-state index is 13.5. The van der Waals surface area contributed by atoms with Crippen LogP contribution in [0.25, 0.3) is 16.7 Å². The minimum absolute atomic E-state index is 0.0400. The molecule has 0 aliphatic heterocycles. The average Bonchev–Trinajstić information content (AvgIpc) is 3.04. The fourth-order valence-electron chi connectivity index (χ4n) is 3.36. The van der Waals surface area contributed by atoms with E-state index < -0.39 is 40.7 Å². The van der Waals surface area contributed by atoms with E-state index in [0.717, 1.165) is 20.7 Å². The van der Waals surface area contributed by atoms with Crippen LogP contribution in [0, 0.1) is 13.8 Å². The number of aromatic nitrogens is 4. The molecule has 0 atom stereocenters. The highest BCUT2D eigenvalue weighted by Gasteiger charge is 2.43. The molecule has 35 heavy (non-hydrogen) atoms. The molecule has 4 rings (SSSR count). The molecule has 2 N–H and O–H groups in total.